The summed E-state index contributed by atoms with van der Waals surface area (Å²) in [6, 6.07) is 0.337. The summed E-state index contributed by atoms with van der Waals surface area (Å²) in [6.07, 6.45) is 9.40. The highest BCUT2D eigenvalue weighted by atomic mass is 16.5. The third kappa shape index (κ3) is 4.44. The lowest BCUT2D eigenvalue weighted by Crippen LogP contribution is -2.50. The number of piperidine rings is 1. The smallest absolute Gasteiger partial charge is 0.227 e. The summed E-state index contributed by atoms with van der Waals surface area (Å²) in [7, 11) is 3.52. The van der Waals surface area contributed by atoms with Gasteiger partial charge in [-0.15, -0.1) is 0 Å². The van der Waals surface area contributed by atoms with E-state index in [1.54, 1.807) is 18.0 Å². The fourth-order valence-electron chi connectivity index (χ4n) is 4.14. The molecule has 1 saturated carbocycles. The van der Waals surface area contributed by atoms with Crippen LogP contribution in [0, 0.1) is 5.92 Å². The Hall–Kier alpha value is -1.89. The molecular formula is C19H30N4O3. The molecule has 7 heteroatoms. The molecule has 0 radical (unpaired) electrons. The van der Waals surface area contributed by atoms with E-state index in [0.717, 1.165) is 18.4 Å². The molecule has 26 heavy (non-hydrogen) atoms. The van der Waals surface area contributed by atoms with Gasteiger partial charge in [-0.1, -0.05) is 12.8 Å². The van der Waals surface area contributed by atoms with Gasteiger partial charge in [0.15, 0.2) is 0 Å². The summed E-state index contributed by atoms with van der Waals surface area (Å²) in [4.78, 5) is 29.4. The summed E-state index contributed by atoms with van der Waals surface area (Å²) in [5, 5.41) is 4.19. The van der Waals surface area contributed by atoms with Crippen LogP contribution in [0.3, 0.4) is 0 Å². The van der Waals surface area contributed by atoms with Crippen LogP contribution in [0.1, 0.15) is 44.1 Å². The topological polar surface area (TPSA) is 67.7 Å². The molecule has 1 aromatic heterocycles. The lowest BCUT2D eigenvalue weighted by atomic mass is 9.94. The number of aryl methyl sites for hydroxylation is 1. The highest BCUT2D eigenvalue weighted by molar-refractivity contribution is 5.84. The van der Waals surface area contributed by atoms with Crippen molar-refractivity contribution in [2.45, 2.75) is 51.1 Å². The first-order valence-electron chi connectivity index (χ1n) is 9.63. The molecule has 0 aromatic carbocycles. The molecule has 1 aliphatic heterocycles. The van der Waals surface area contributed by atoms with Gasteiger partial charge in [-0.2, -0.15) is 5.10 Å². The van der Waals surface area contributed by atoms with Gasteiger partial charge in [0.2, 0.25) is 11.8 Å². The van der Waals surface area contributed by atoms with Crippen molar-refractivity contribution in [1.29, 1.82) is 0 Å². The lowest BCUT2D eigenvalue weighted by Gasteiger charge is -2.38. The monoisotopic (exact) mass is 362 g/mol. The third-order valence-electron chi connectivity index (χ3n) is 5.57. The van der Waals surface area contributed by atoms with Gasteiger partial charge in [0.25, 0.3) is 0 Å². The molecule has 2 heterocycles. The zero-order valence-corrected chi connectivity index (χ0v) is 15.9. The van der Waals surface area contributed by atoms with Crippen LogP contribution in [-0.4, -0.2) is 64.2 Å². The zero-order chi connectivity index (χ0) is 18.5. The summed E-state index contributed by atoms with van der Waals surface area (Å²) in [5.41, 5.74) is 1.01. The highest BCUT2D eigenvalue weighted by Crippen LogP contribution is 2.29. The number of ether oxygens (including phenoxy) is 1. The average molecular weight is 362 g/mol. The van der Waals surface area contributed by atoms with Gasteiger partial charge in [-0.25, -0.2) is 0 Å². The molecule has 2 amide bonds. The van der Waals surface area contributed by atoms with Gasteiger partial charge in [-0.3, -0.25) is 14.3 Å². The maximum atomic E-state index is 13.2. The van der Waals surface area contributed by atoms with Gasteiger partial charge >= 0.3 is 0 Å². The molecule has 1 aliphatic carbocycles. The molecule has 144 valence electrons. The van der Waals surface area contributed by atoms with E-state index in [-0.39, 0.29) is 17.7 Å². The number of amides is 2. The number of hydrogen-bond donors (Lipinski definition) is 0. The standard InChI is InChI=1S/C19H30N4O3/c1-21-12-15(11-20-21)13-22(9-10-26-2)19(25)16-7-8-18(24)23(14-16)17-5-3-4-6-17/h11-12,16-17H,3-10,13-14H2,1-2H3/t16-/m1/s1. The number of carbonyl (C=O) groups excluding carboxylic acids is 2. The Labute approximate surface area is 155 Å². The predicted octanol–water partition coefficient (Wildman–Crippen LogP) is 1.58. The first kappa shape index (κ1) is 18.9. The number of likely N-dealkylation sites (tertiary alicyclic amines) is 1. The van der Waals surface area contributed by atoms with E-state index in [1.807, 2.05) is 23.0 Å². The molecule has 0 unspecified atom stereocenters. The summed E-state index contributed by atoms with van der Waals surface area (Å²) in [5.74, 6) is 0.236. The Balaban J connectivity index is 1.67. The van der Waals surface area contributed by atoms with E-state index < -0.39 is 0 Å². The van der Waals surface area contributed by atoms with Crippen LogP contribution in [0.15, 0.2) is 12.4 Å². The molecule has 2 aliphatic rings. The minimum atomic E-state index is -0.109. The van der Waals surface area contributed by atoms with E-state index in [4.69, 9.17) is 4.74 Å². The van der Waals surface area contributed by atoms with Crippen molar-refractivity contribution in [2.24, 2.45) is 13.0 Å². The van der Waals surface area contributed by atoms with Crippen LogP contribution in [0.4, 0.5) is 0 Å². The summed E-state index contributed by atoms with van der Waals surface area (Å²) >= 11 is 0. The first-order chi connectivity index (χ1) is 12.6. The quantitative estimate of drug-likeness (QED) is 0.738. The second-order valence-electron chi connectivity index (χ2n) is 7.49. The van der Waals surface area contributed by atoms with Crippen molar-refractivity contribution in [3.63, 3.8) is 0 Å². The van der Waals surface area contributed by atoms with Crippen LogP contribution in [0.2, 0.25) is 0 Å². The SMILES string of the molecule is COCCN(Cc1cnn(C)c1)C(=O)[C@@H]1CCC(=O)N(C2CCCC2)C1. The predicted molar refractivity (Wildman–Crippen MR) is 97.2 cm³/mol. The van der Waals surface area contributed by atoms with Gasteiger partial charge in [-0.05, 0) is 19.3 Å². The lowest BCUT2D eigenvalue weighted by molar-refractivity contribution is -0.145. The molecule has 1 saturated heterocycles. The van der Waals surface area contributed by atoms with Crippen molar-refractivity contribution in [2.75, 3.05) is 26.8 Å². The molecule has 2 fully saturated rings. The molecular weight excluding hydrogens is 332 g/mol. The van der Waals surface area contributed by atoms with Crippen molar-refractivity contribution in [1.82, 2.24) is 19.6 Å². The van der Waals surface area contributed by atoms with E-state index in [0.29, 0.717) is 45.1 Å². The Morgan fingerprint density at radius 2 is 2.12 bits per heavy atom. The van der Waals surface area contributed by atoms with Gasteiger partial charge in [0.1, 0.15) is 0 Å². The molecule has 1 aromatic rings. The Kier molecular flexibility index (Phi) is 6.29. The number of rotatable bonds is 7. The number of nitrogens with zero attached hydrogens (tertiary/aromatic N) is 4. The first-order valence-corrected chi connectivity index (χ1v) is 9.63. The maximum Gasteiger partial charge on any atom is 0.227 e. The molecule has 7 nitrogen and oxygen atoms in total. The van der Waals surface area contributed by atoms with Crippen LogP contribution >= 0.6 is 0 Å². The van der Waals surface area contributed by atoms with E-state index >= 15 is 0 Å². The Morgan fingerprint density at radius 3 is 2.77 bits per heavy atom. The molecule has 0 bridgehead atoms. The Morgan fingerprint density at radius 1 is 1.35 bits per heavy atom. The van der Waals surface area contributed by atoms with E-state index in [2.05, 4.69) is 5.10 Å². The number of hydrogen-bond acceptors (Lipinski definition) is 4. The number of methoxy groups -OCH3 is 1. The van der Waals surface area contributed by atoms with Crippen LogP contribution in [0.5, 0.6) is 0 Å². The fourth-order valence-corrected chi connectivity index (χ4v) is 4.14. The number of carbonyl (C=O) groups is 2. The minimum Gasteiger partial charge on any atom is -0.383 e. The largest absolute Gasteiger partial charge is 0.383 e. The second-order valence-corrected chi connectivity index (χ2v) is 7.49. The van der Waals surface area contributed by atoms with Crippen molar-refractivity contribution >= 4 is 11.8 Å². The van der Waals surface area contributed by atoms with Crippen molar-refractivity contribution < 1.29 is 14.3 Å². The highest BCUT2D eigenvalue weighted by Gasteiger charge is 2.36. The van der Waals surface area contributed by atoms with E-state index in [1.165, 1.54) is 12.8 Å². The normalized spacial score (nSPS) is 21.4. The van der Waals surface area contributed by atoms with Gasteiger partial charge in [0.05, 0.1) is 18.7 Å². The average Bonchev–Trinajstić information content (AvgIpc) is 3.30. The van der Waals surface area contributed by atoms with E-state index in [9.17, 15) is 9.59 Å². The summed E-state index contributed by atoms with van der Waals surface area (Å²) in [6.45, 7) is 2.16. The maximum absolute atomic E-state index is 13.2. The molecule has 3 rings (SSSR count). The van der Waals surface area contributed by atoms with Crippen LogP contribution in [0.25, 0.3) is 0 Å². The fraction of sp³-hybridized carbons (Fsp3) is 0.737. The van der Waals surface area contributed by atoms with Crippen molar-refractivity contribution in [3.8, 4) is 0 Å². The van der Waals surface area contributed by atoms with Gasteiger partial charge in [0, 0.05) is 58.0 Å². The van der Waals surface area contributed by atoms with Crippen LogP contribution < -0.4 is 0 Å². The molecule has 0 N–H and O–H groups in total. The second kappa shape index (κ2) is 8.66. The Bertz CT molecular complexity index is 624. The third-order valence-corrected chi connectivity index (χ3v) is 5.57. The minimum absolute atomic E-state index is 0.109. The molecule has 1 atom stereocenters. The van der Waals surface area contributed by atoms with Gasteiger partial charge < -0.3 is 14.5 Å². The zero-order valence-electron chi connectivity index (χ0n) is 15.9. The summed E-state index contributed by atoms with van der Waals surface area (Å²) < 4.78 is 6.94. The van der Waals surface area contributed by atoms with Crippen molar-refractivity contribution in [3.05, 3.63) is 18.0 Å². The number of aromatic nitrogens is 2. The molecule has 0 spiro atoms. The van der Waals surface area contributed by atoms with Crippen LogP contribution in [-0.2, 0) is 27.9 Å².